The van der Waals surface area contributed by atoms with Crippen LogP contribution >= 0.6 is 0 Å². The number of aromatic hydroxyl groups is 1. The lowest BCUT2D eigenvalue weighted by Crippen LogP contribution is -2.00. The molecule has 4 aromatic rings. The normalized spacial score (nSPS) is 11.0. The third-order valence-corrected chi connectivity index (χ3v) is 4.84. The van der Waals surface area contributed by atoms with Crippen LogP contribution in [0.5, 0.6) is 11.5 Å². The fraction of sp³-hybridized carbons (Fsp3) is 0.0385. The molecule has 0 aliphatic rings. The Bertz CT molecular complexity index is 1340. The molecule has 1 heterocycles. The molecule has 0 radical (unpaired) electrons. The predicted octanol–water partition coefficient (Wildman–Crippen LogP) is 5.11. The maximum Gasteiger partial charge on any atom is 0.335 e. The Hall–Kier alpha value is -4.45. The fourth-order valence-electron chi connectivity index (χ4n) is 3.19. The van der Waals surface area contributed by atoms with Crippen molar-refractivity contribution in [2.45, 2.75) is 6.61 Å². The Morgan fingerprint density at radius 3 is 2.59 bits per heavy atom. The number of pyridine rings is 1. The second-order valence-corrected chi connectivity index (χ2v) is 7.09. The molecular formula is C26H19NO5. The Kier molecular flexibility index (Phi) is 5.94. The number of benzene rings is 3. The predicted molar refractivity (Wildman–Crippen MR) is 121 cm³/mol. The molecule has 158 valence electrons. The average molecular weight is 425 g/mol. The highest BCUT2D eigenvalue weighted by atomic mass is 16.5. The first-order valence-corrected chi connectivity index (χ1v) is 9.86. The van der Waals surface area contributed by atoms with E-state index in [0.717, 1.165) is 28.2 Å². The van der Waals surface area contributed by atoms with E-state index in [0.29, 0.717) is 12.4 Å². The number of phenols is 1. The Labute approximate surface area is 184 Å². The number of para-hydroxylation sites is 1. The average Bonchev–Trinajstić information content (AvgIpc) is 2.81. The molecule has 0 amide bonds. The zero-order valence-electron chi connectivity index (χ0n) is 16.9. The third-order valence-electron chi connectivity index (χ3n) is 4.84. The van der Waals surface area contributed by atoms with Crippen LogP contribution in [-0.4, -0.2) is 26.9 Å². The summed E-state index contributed by atoms with van der Waals surface area (Å²) in [7, 11) is 0. The van der Waals surface area contributed by atoms with E-state index in [9.17, 15) is 14.7 Å². The molecule has 32 heavy (non-hydrogen) atoms. The van der Waals surface area contributed by atoms with Crippen LogP contribution in [0.1, 0.15) is 32.0 Å². The van der Waals surface area contributed by atoms with Gasteiger partial charge in [-0.2, -0.15) is 0 Å². The van der Waals surface area contributed by atoms with Gasteiger partial charge in [-0.25, -0.2) is 9.78 Å². The van der Waals surface area contributed by atoms with E-state index in [4.69, 9.17) is 9.84 Å². The lowest BCUT2D eigenvalue weighted by atomic mass is 10.1. The van der Waals surface area contributed by atoms with Gasteiger partial charge in [-0.1, -0.05) is 42.5 Å². The highest BCUT2D eigenvalue weighted by molar-refractivity contribution is 6.09. The molecule has 0 atom stereocenters. The van der Waals surface area contributed by atoms with Crippen molar-refractivity contribution in [3.63, 3.8) is 0 Å². The number of ketones is 1. The molecule has 0 saturated heterocycles. The Morgan fingerprint density at radius 2 is 1.78 bits per heavy atom. The van der Waals surface area contributed by atoms with E-state index in [-0.39, 0.29) is 16.9 Å². The van der Waals surface area contributed by atoms with Crippen molar-refractivity contribution < 1.29 is 24.5 Å². The number of aromatic carboxylic acids is 1. The largest absolute Gasteiger partial charge is 0.507 e. The quantitative estimate of drug-likeness (QED) is 0.315. The lowest BCUT2D eigenvalue weighted by Gasteiger charge is -2.07. The maximum atomic E-state index is 12.4. The number of carboxylic acids is 1. The van der Waals surface area contributed by atoms with Crippen LogP contribution in [0.2, 0.25) is 0 Å². The SMILES string of the molecule is O=C(O)c1ccc(C(=O)/C=C/c2cccc(OCc3ccc4ccccc4n3)c2)c(O)c1. The molecule has 4 rings (SSSR count). The summed E-state index contributed by atoms with van der Waals surface area (Å²) >= 11 is 0. The number of phenolic OH excluding ortho intramolecular Hbond substituents is 1. The van der Waals surface area contributed by atoms with Crippen LogP contribution in [0.25, 0.3) is 17.0 Å². The van der Waals surface area contributed by atoms with Crippen molar-refractivity contribution in [2.75, 3.05) is 0 Å². The molecule has 6 heteroatoms. The number of hydrogen-bond donors (Lipinski definition) is 2. The zero-order valence-corrected chi connectivity index (χ0v) is 16.9. The summed E-state index contributed by atoms with van der Waals surface area (Å²) in [5.74, 6) is -1.36. The highest BCUT2D eigenvalue weighted by Crippen LogP contribution is 2.21. The molecule has 0 aliphatic heterocycles. The Morgan fingerprint density at radius 1 is 0.938 bits per heavy atom. The number of nitrogens with zero attached hydrogens (tertiary/aromatic N) is 1. The molecule has 6 nitrogen and oxygen atoms in total. The van der Waals surface area contributed by atoms with Gasteiger partial charge in [-0.3, -0.25) is 4.79 Å². The number of rotatable bonds is 7. The molecule has 0 aliphatic carbocycles. The summed E-state index contributed by atoms with van der Waals surface area (Å²) in [6.07, 6.45) is 2.92. The molecule has 0 bridgehead atoms. The van der Waals surface area contributed by atoms with Crippen LogP contribution < -0.4 is 4.74 Å². The summed E-state index contributed by atoms with van der Waals surface area (Å²) in [6.45, 7) is 0.306. The first-order chi connectivity index (χ1) is 15.5. The minimum atomic E-state index is -1.18. The molecule has 1 aromatic heterocycles. The summed E-state index contributed by atoms with van der Waals surface area (Å²) in [4.78, 5) is 27.9. The second-order valence-electron chi connectivity index (χ2n) is 7.09. The van der Waals surface area contributed by atoms with Crippen LogP contribution in [-0.2, 0) is 6.61 Å². The lowest BCUT2D eigenvalue weighted by molar-refractivity contribution is 0.0696. The second kappa shape index (κ2) is 9.14. The summed E-state index contributed by atoms with van der Waals surface area (Å²) in [5.41, 5.74) is 2.39. The van der Waals surface area contributed by atoms with Gasteiger partial charge in [0.15, 0.2) is 5.78 Å². The maximum absolute atomic E-state index is 12.4. The molecule has 2 N–H and O–H groups in total. The van der Waals surface area contributed by atoms with Crippen LogP contribution in [0.4, 0.5) is 0 Å². The fourth-order valence-corrected chi connectivity index (χ4v) is 3.19. The van der Waals surface area contributed by atoms with E-state index in [1.54, 1.807) is 12.1 Å². The van der Waals surface area contributed by atoms with E-state index >= 15 is 0 Å². The number of carbonyl (C=O) groups excluding carboxylic acids is 1. The van der Waals surface area contributed by atoms with Gasteiger partial charge in [0.1, 0.15) is 18.1 Å². The topological polar surface area (TPSA) is 96.7 Å². The standard InChI is InChI=1S/C26H19NO5/c28-24(22-12-10-19(26(30)31)15-25(22)29)13-8-17-4-3-6-21(14-17)32-16-20-11-9-18-5-1-2-7-23(18)27-20/h1-15,29H,16H2,(H,30,31)/b13-8+. The van der Waals surface area contributed by atoms with Crippen molar-refractivity contribution in [1.82, 2.24) is 4.98 Å². The number of hydrogen-bond acceptors (Lipinski definition) is 5. The van der Waals surface area contributed by atoms with Gasteiger partial charge in [0.25, 0.3) is 0 Å². The molecule has 0 spiro atoms. The zero-order chi connectivity index (χ0) is 22.5. The highest BCUT2D eigenvalue weighted by Gasteiger charge is 2.12. The van der Waals surface area contributed by atoms with Crippen molar-refractivity contribution in [1.29, 1.82) is 0 Å². The molecular weight excluding hydrogens is 406 g/mol. The first-order valence-electron chi connectivity index (χ1n) is 9.86. The van der Waals surface area contributed by atoms with Crippen molar-refractivity contribution in [3.8, 4) is 11.5 Å². The van der Waals surface area contributed by atoms with Gasteiger partial charge >= 0.3 is 5.97 Å². The van der Waals surface area contributed by atoms with Crippen molar-refractivity contribution >= 4 is 28.7 Å². The summed E-state index contributed by atoms with van der Waals surface area (Å²) in [6, 6.07) is 22.7. The third kappa shape index (κ3) is 4.82. The minimum absolute atomic E-state index is 0.0287. The van der Waals surface area contributed by atoms with Crippen LogP contribution in [0.15, 0.2) is 84.9 Å². The number of fused-ring (bicyclic) bond motifs is 1. The van der Waals surface area contributed by atoms with Crippen molar-refractivity contribution in [3.05, 3.63) is 107 Å². The monoisotopic (exact) mass is 425 g/mol. The van der Waals surface area contributed by atoms with Crippen LogP contribution in [0.3, 0.4) is 0 Å². The van der Waals surface area contributed by atoms with E-state index in [1.165, 1.54) is 18.2 Å². The van der Waals surface area contributed by atoms with E-state index in [2.05, 4.69) is 4.98 Å². The van der Waals surface area contributed by atoms with E-state index < -0.39 is 11.8 Å². The summed E-state index contributed by atoms with van der Waals surface area (Å²) in [5, 5.41) is 20.0. The van der Waals surface area contributed by atoms with Crippen LogP contribution in [0, 0.1) is 0 Å². The number of aromatic nitrogens is 1. The number of allylic oxidation sites excluding steroid dienone is 1. The van der Waals surface area contributed by atoms with Gasteiger partial charge in [0.05, 0.1) is 22.3 Å². The van der Waals surface area contributed by atoms with Crippen molar-refractivity contribution in [2.24, 2.45) is 0 Å². The van der Waals surface area contributed by atoms with Gasteiger partial charge in [0, 0.05) is 5.39 Å². The minimum Gasteiger partial charge on any atom is -0.507 e. The van der Waals surface area contributed by atoms with E-state index in [1.807, 2.05) is 54.6 Å². The van der Waals surface area contributed by atoms with Gasteiger partial charge < -0.3 is 14.9 Å². The summed E-state index contributed by atoms with van der Waals surface area (Å²) < 4.78 is 5.85. The van der Waals surface area contributed by atoms with Gasteiger partial charge in [-0.15, -0.1) is 0 Å². The Balaban J connectivity index is 1.43. The number of carboxylic acid groups (broad SMARTS) is 1. The number of ether oxygens (including phenoxy) is 1. The van der Waals surface area contributed by atoms with Gasteiger partial charge in [-0.05, 0) is 54.1 Å². The van der Waals surface area contributed by atoms with Gasteiger partial charge in [0.2, 0.25) is 0 Å². The smallest absolute Gasteiger partial charge is 0.335 e. The molecule has 0 unspecified atom stereocenters. The molecule has 0 saturated carbocycles. The number of carbonyl (C=O) groups is 2. The molecule has 3 aromatic carbocycles. The first kappa shape index (κ1) is 20.8. The molecule has 0 fully saturated rings.